The Morgan fingerprint density at radius 1 is 1.11 bits per heavy atom. The number of aryl methyl sites for hydroxylation is 1. The van der Waals surface area contributed by atoms with E-state index in [1.807, 2.05) is 31.2 Å². The summed E-state index contributed by atoms with van der Waals surface area (Å²) >= 11 is 0. The van der Waals surface area contributed by atoms with Crippen LogP contribution in [0.1, 0.15) is 21.5 Å². The molecule has 18 heavy (non-hydrogen) atoms. The molecule has 94 valence electrons. The highest BCUT2D eigenvalue weighted by Crippen LogP contribution is 2.01. The van der Waals surface area contributed by atoms with E-state index in [2.05, 4.69) is 17.9 Å². The zero-order valence-corrected chi connectivity index (χ0v) is 10.4. The van der Waals surface area contributed by atoms with Crippen molar-refractivity contribution in [3.8, 4) is 0 Å². The zero-order chi connectivity index (χ0) is 13.4. The van der Waals surface area contributed by atoms with Crippen LogP contribution in [0.15, 0.2) is 54.6 Å². The highest BCUT2D eigenvalue weighted by Gasteiger charge is 1.90. The average molecular weight is 243 g/mol. The van der Waals surface area contributed by atoms with E-state index in [9.17, 15) is 9.90 Å². The number of benzene rings is 2. The largest absolute Gasteiger partial charge is 0.545 e. The molecule has 0 atom stereocenters. The van der Waals surface area contributed by atoms with Crippen molar-refractivity contribution in [2.45, 2.75) is 13.5 Å². The lowest BCUT2D eigenvalue weighted by molar-refractivity contribution is -0.386. The number of carbonyl (C=O) groups is 1. The highest BCUT2D eigenvalue weighted by atomic mass is 16.4. The molecule has 0 radical (unpaired) electrons. The van der Waals surface area contributed by atoms with Crippen LogP contribution in [0.5, 0.6) is 0 Å². The van der Waals surface area contributed by atoms with Crippen molar-refractivity contribution in [2.75, 3.05) is 0 Å². The van der Waals surface area contributed by atoms with Gasteiger partial charge >= 0.3 is 0 Å². The second-order valence-corrected chi connectivity index (χ2v) is 3.89. The van der Waals surface area contributed by atoms with Gasteiger partial charge in [0.1, 0.15) is 0 Å². The highest BCUT2D eigenvalue weighted by molar-refractivity contribution is 5.85. The number of quaternary nitrogens is 1. The van der Waals surface area contributed by atoms with Gasteiger partial charge in [0.25, 0.3) is 0 Å². The third-order valence-corrected chi connectivity index (χ3v) is 2.39. The molecule has 0 unspecified atom stereocenters. The number of carboxylic acids is 1. The third kappa shape index (κ3) is 4.80. The lowest BCUT2D eigenvalue weighted by atomic mass is 10.1. The van der Waals surface area contributed by atoms with Crippen LogP contribution in [0.4, 0.5) is 0 Å². The zero-order valence-electron chi connectivity index (χ0n) is 10.4. The van der Waals surface area contributed by atoms with E-state index >= 15 is 0 Å². The first-order valence-corrected chi connectivity index (χ1v) is 5.74. The molecule has 2 aromatic carbocycles. The molecule has 0 aliphatic carbocycles. The van der Waals surface area contributed by atoms with Crippen molar-refractivity contribution in [3.63, 3.8) is 0 Å². The smallest absolute Gasteiger partial charge is 0.0997 e. The Balaban J connectivity index is 0.000000184. The van der Waals surface area contributed by atoms with Crippen molar-refractivity contribution < 1.29 is 15.6 Å². The first-order valence-electron chi connectivity index (χ1n) is 5.74. The predicted molar refractivity (Wildman–Crippen MR) is 68.5 cm³/mol. The minimum Gasteiger partial charge on any atom is -0.545 e. The van der Waals surface area contributed by atoms with Crippen LogP contribution in [-0.2, 0) is 6.54 Å². The van der Waals surface area contributed by atoms with Crippen LogP contribution in [-0.4, -0.2) is 5.97 Å². The van der Waals surface area contributed by atoms with Crippen LogP contribution in [0.3, 0.4) is 0 Å². The van der Waals surface area contributed by atoms with Gasteiger partial charge in [-0.15, -0.1) is 0 Å². The number of carboxylic acid groups (broad SMARTS) is 1. The van der Waals surface area contributed by atoms with Crippen LogP contribution in [0.2, 0.25) is 0 Å². The van der Waals surface area contributed by atoms with Crippen LogP contribution in [0, 0.1) is 6.92 Å². The summed E-state index contributed by atoms with van der Waals surface area (Å²) in [6, 6.07) is 16.9. The fourth-order valence-corrected chi connectivity index (χ4v) is 1.42. The maximum atomic E-state index is 10.2. The Morgan fingerprint density at radius 3 is 2.17 bits per heavy atom. The summed E-state index contributed by atoms with van der Waals surface area (Å²) in [5.41, 5.74) is 6.22. The topological polar surface area (TPSA) is 67.8 Å². The van der Waals surface area contributed by atoms with E-state index < -0.39 is 5.97 Å². The fraction of sp³-hybridized carbons (Fsp3) is 0.133. The number of carbonyl (C=O) groups excluding carboxylic acids is 1. The molecule has 0 aliphatic rings. The molecular formula is C15H17NO2. The van der Waals surface area contributed by atoms with Crippen LogP contribution in [0.25, 0.3) is 0 Å². The molecule has 0 heterocycles. The second-order valence-electron chi connectivity index (χ2n) is 3.89. The molecule has 0 fully saturated rings. The number of aromatic carboxylic acids is 1. The van der Waals surface area contributed by atoms with E-state index in [0.29, 0.717) is 0 Å². The summed E-state index contributed by atoms with van der Waals surface area (Å²) in [7, 11) is 0. The molecule has 3 heteroatoms. The molecule has 2 rings (SSSR count). The second kappa shape index (κ2) is 7.25. The van der Waals surface area contributed by atoms with Crippen molar-refractivity contribution in [2.24, 2.45) is 0 Å². The van der Waals surface area contributed by atoms with Gasteiger partial charge in [-0.25, -0.2) is 0 Å². The Labute approximate surface area is 107 Å². The Morgan fingerprint density at radius 2 is 1.78 bits per heavy atom. The molecule has 0 saturated carbocycles. The normalized spacial score (nSPS) is 9.22. The minimum atomic E-state index is -1.12. The monoisotopic (exact) mass is 243 g/mol. The summed E-state index contributed by atoms with van der Waals surface area (Å²) in [5, 5.41) is 10.2. The predicted octanol–water partition coefficient (Wildman–Crippen LogP) is 0.787. The first-order chi connectivity index (χ1) is 8.63. The van der Waals surface area contributed by atoms with Crippen molar-refractivity contribution >= 4 is 5.97 Å². The van der Waals surface area contributed by atoms with Gasteiger partial charge in [0.2, 0.25) is 0 Å². The lowest BCUT2D eigenvalue weighted by Crippen LogP contribution is -2.47. The molecule has 0 bridgehead atoms. The van der Waals surface area contributed by atoms with Gasteiger partial charge < -0.3 is 15.6 Å². The Kier molecular flexibility index (Phi) is 5.61. The maximum absolute atomic E-state index is 10.2. The molecule has 0 spiro atoms. The van der Waals surface area contributed by atoms with Crippen LogP contribution < -0.4 is 10.8 Å². The SMILES string of the molecule is Cc1cccc(C(=O)[O-])c1.[NH3+]Cc1ccccc1. The van der Waals surface area contributed by atoms with Crippen molar-refractivity contribution in [1.82, 2.24) is 0 Å². The Bertz CT molecular complexity index is 495. The van der Waals surface area contributed by atoms with Gasteiger partial charge in [-0.2, -0.15) is 0 Å². The fourth-order valence-electron chi connectivity index (χ4n) is 1.42. The lowest BCUT2D eigenvalue weighted by Gasteiger charge is -2.01. The number of hydrogen-bond acceptors (Lipinski definition) is 2. The molecule has 0 aliphatic heterocycles. The molecular weight excluding hydrogens is 226 g/mol. The molecule has 0 saturated heterocycles. The molecule has 3 nitrogen and oxygen atoms in total. The first kappa shape index (κ1) is 13.9. The standard InChI is InChI=1S/C8H8O2.C7H9N/c1-6-3-2-4-7(5-6)8(9)10;8-6-7-4-2-1-3-5-7/h2-5H,1H3,(H,9,10);1-5H,6,8H2. The minimum absolute atomic E-state index is 0.236. The maximum Gasteiger partial charge on any atom is 0.0997 e. The van der Waals surface area contributed by atoms with Crippen LogP contribution >= 0.6 is 0 Å². The molecule has 0 aromatic heterocycles. The van der Waals surface area contributed by atoms with E-state index in [1.54, 1.807) is 12.1 Å². The summed E-state index contributed by atoms with van der Waals surface area (Å²) in [6.07, 6.45) is 0. The summed E-state index contributed by atoms with van der Waals surface area (Å²) in [4.78, 5) is 10.2. The van der Waals surface area contributed by atoms with Gasteiger partial charge in [-0.3, -0.25) is 0 Å². The molecule has 2 aromatic rings. The Hall–Kier alpha value is -2.13. The van der Waals surface area contributed by atoms with Gasteiger partial charge in [-0.05, 0) is 12.5 Å². The van der Waals surface area contributed by atoms with Gasteiger partial charge in [0.05, 0.1) is 12.5 Å². The number of rotatable bonds is 2. The molecule has 0 amide bonds. The van der Waals surface area contributed by atoms with Gasteiger partial charge in [0.15, 0.2) is 0 Å². The van der Waals surface area contributed by atoms with Crippen molar-refractivity contribution in [3.05, 3.63) is 71.3 Å². The van der Waals surface area contributed by atoms with E-state index in [-0.39, 0.29) is 5.56 Å². The quantitative estimate of drug-likeness (QED) is 0.847. The third-order valence-electron chi connectivity index (χ3n) is 2.39. The summed E-state index contributed by atoms with van der Waals surface area (Å²) < 4.78 is 0. The summed E-state index contributed by atoms with van der Waals surface area (Å²) in [5.74, 6) is -1.12. The number of hydrogen-bond donors (Lipinski definition) is 1. The average Bonchev–Trinajstić information content (AvgIpc) is 2.40. The van der Waals surface area contributed by atoms with Gasteiger partial charge in [-0.1, -0.05) is 60.2 Å². The van der Waals surface area contributed by atoms with E-state index in [0.717, 1.165) is 12.1 Å². The summed E-state index contributed by atoms with van der Waals surface area (Å²) in [6.45, 7) is 2.73. The van der Waals surface area contributed by atoms with Crippen molar-refractivity contribution in [1.29, 1.82) is 0 Å². The van der Waals surface area contributed by atoms with E-state index in [4.69, 9.17) is 0 Å². The van der Waals surface area contributed by atoms with E-state index in [1.165, 1.54) is 11.6 Å². The van der Waals surface area contributed by atoms with Gasteiger partial charge in [0, 0.05) is 5.56 Å². The molecule has 3 N–H and O–H groups in total.